The molecule has 3 rings (SSSR count). The van der Waals surface area contributed by atoms with E-state index in [1.807, 2.05) is 24.3 Å². The molecule has 1 heterocycles. The number of phenols is 2. The average molecular weight is 369 g/mol. The number of morpholine rings is 1. The van der Waals surface area contributed by atoms with Gasteiger partial charge in [-0.3, -0.25) is 9.69 Å². The summed E-state index contributed by atoms with van der Waals surface area (Å²) in [4.78, 5) is 14.5. The molecule has 142 valence electrons. The SMILES string of the molecule is O=C(/C=C/c1ccc(OCCN2CCOCC2)cc1)c1ccc(O)cc1O. The van der Waals surface area contributed by atoms with Crippen LogP contribution in [-0.4, -0.2) is 60.4 Å². The van der Waals surface area contributed by atoms with Crippen LogP contribution in [-0.2, 0) is 4.74 Å². The van der Waals surface area contributed by atoms with Crippen molar-refractivity contribution < 1.29 is 24.5 Å². The maximum Gasteiger partial charge on any atom is 0.189 e. The summed E-state index contributed by atoms with van der Waals surface area (Å²) in [5.41, 5.74) is 0.995. The van der Waals surface area contributed by atoms with Gasteiger partial charge in [0, 0.05) is 25.7 Å². The molecule has 2 aromatic carbocycles. The molecule has 1 saturated heterocycles. The number of nitrogens with zero attached hydrogens (tertiary/aromatic N) is 1. The Balaban J connectivity index is 1.50. The monoisotopic (exact) mass is 369 g/mol. The molecule has 0 aromatic heterocycles. The molecule has 0 radical (unpaired) electrons. The zero-order chi connectivity index (χ0) is 19.1. The van der Waals surface area contributed by atoms with Gasteiger partial charge in [0.2, 0.25) is 0 Å². The number of phenolic OH excluding ortho intramolecular Hbond substituents is 2. The van der Waals surface area contributed by atoms with Gasteiger partial charge < -0.3 is 19.7 Å². The van der Waals surface area contributed by atoms with Gasteiger partial charge in [0.05, 0.1) is 18.8 Å². The van der Waals surface area contributed by atoms with E-state index in [1.165, 1.54) is 18.2 Å². The highest BCUT2D eigenvalue weighted by Gasteiger charge is 2.10. The fourth-order valence-corrected chi connectivity index (χ4v) is 2.78. The Morgan fingerprint density at radius 3 is 2.56 bits per heavy atom. The smallest absolute Gasteiger partial charge is 0.189 e. The van der Waals surface area contributed by atoms with Crippen molar-refractivity contribution in [1.29, 1.82) is 0 Å². The second-order valence-corrected chi connectivity index (χ2v) is 6.27. The molecular formula is C21H23NO5. The highest BCUT2D eigenvalue weighted by atomic mass is 16.5. The van der Waals surface area contributed by atoms with E-state index in [1.54, 1.807) is 6.08 Å². The van der Waals surface area contributed by atoms with E-state index in [0.717, 1.165) is 50.2 Å². The van der Waals surface area contributed by atoms with Crippen LogP contribution in [0, 0.1) is 0 Å². The minimum Gasteiger partial charge on any atom is -0.508 e. The molecular weight excluding hydrogens is 346 g/mol. The normalized spacial score (nSPS) is 15.1. The summed E-state index contributed by atoms with van der Waals surface area (Å²) in [5, 5.41) is 19.0. The third-order valence-electron chi connectivity index (χ3n) is 4.33. The van der Waals surface area contributed by atoms with Gasteiger partial charge in [0.25, 0.3) is 0 Å². The third-order valence-corrected chi connectivity index (χ3v) is 4.33. The zero-order valence-electron chi connectivity index (χ0n) is 15.0. The minimum absolute atomic E-state index is 0.0859. The lowest BCUT2D eigenvalue weighted by Gasteiger charge is -2.26. The first-order chi connectivity index (χ1) is 13.1. The Bertz CT molecular complexity index is 795. The van der Waals surface area contributed by atoms with Crippen LogP contribution in [0.15, 0.2) is 48.5 Å². The molecule has 0 spiro atoms. The summed E-state index contributed by atoms with van der Waals surface area (Å²) >= 11 is 0. The topological polar surface area (TPSA) is 79.2 Å². The van der Waals surface area contributed by atoms with Gasteiger partial charge in [0.15, 0.2) is 5.78 Å². The highest BCUT2D eigenvalue weighted by molar-refractivity contribution is 6.08. The molecule has 6 heteroatoms. The fourth-order valence-electron chi connectivity index (χ4n) is 2.78. The third kappa shape index (κ3) is 5.57. The molecule has 0 amide bonds. The first-order valence-corrected chi connectivity index (χ1v) is 8.89. The Morgan fingerprint density at radius 2 is 1.85 bits per heavy atom. The average Bonchev–Trinajstić information content (AvgIpc) is 2.68. The van der Waals surface area contributed by atoms with Crippen molar-refractivity contribution in [3.63, 3.8) is 0 Å². The van der Waals surface area contributed by atoms with Gasteiger partial charge in [-0.2, -0.15) is 0 Å². The maximum atomic E-state index is 12.1. The van der Waals surface area contributed by atoms with Crippen molar-refractivity contribution in [3.8, 4) is 17.2 Å². The molecule has 1 aliphatic rings. The van der Waals surface area contributed by atoms with Crippen molar-refractivity contribution in [2.45, 2.75) is 0 Å². The van der Waals surface area contributed by atoms with Gasteiger partial charge >= 0.3 is 0 Å². The summed E-state index contributed by atoms with van der Waals surface area (Å²) < 4.78 is 11.1. The summed E-state index contributed by atoms with van der Waals surface area (Å²) in [6.07, 6.45) is 3.06. The second-order valence-electron chi connectivity index (χ2n) is 6.27. The van der Waals surface area contributed by atoms with Crippen LogP contribution in [0.2, 0.25) is 0 Å². The highest BCUT2D eigenvalue weighted by Crippen LogP contribution is 2.23. The molecule has 1 fully saturated rings. The van der Waals surface area contributed by atoms with Crippen LogP contribution < -0.4 is 4.74 Å². The lowest BCUT2D eigenvalue weighted by Crippen LogP contribution is -2.38. The zero-order valence-corrected chi connectivity index (χ0v) is 15.0. The van der Waals surface area contributed by atoms with Crippen molar-refractivity contribution in [2.75, 3.05) is 39.5 Å². The first-order valence-electron chi connectivity index (χ1n) is 8.89. The van der Waals surface area contributed by atoms with E-state index < -0.39 is 0 Å². The largest absolute Gasteiger partial charge is 0.508 e. The minimum atomic E-state index is -0.335. The molecule has 0 aliphatic carbocycles. The number of hydrogen-bond donors (Lipinski definition) is 2. The Hall–Kier alpha value is -2.83. The van der Waals surface area contributed by atoms with E-state index in [9.17, 15) is 15.0 Å². The first kappa shape index (κ1) is 18.9. The predicted octanol–water partition coefficient (Wildman–Crippen LogP) is 2.70. The van der Waals surface area contributed by atoms with Crippen LogP contribution in [0.25, 0.3) is 6.08 Å². The van der Waals surface area contributed by atoms with Crippen molar-refractivity contribution >= 4 is 11.9 Å². The molecule has 0 bridgehead atoms. The van der Waals surface area contributed by atoms with E-state index in [0.29, 0.717) is 6.61 Å². The molecule has 2 aromatic rings. The Labute approximate surface area is 158 Å². The number of hydrogen-bond acceptors (Lipinski definition) is 6. The number of carbonyl (C=O) groups is 1. The molecule has 0 saturated carbocycles. The van der Waals surface area contributed by atoms with Crippen molar-refractivity contribution in [1.82, 2.24) is 4.90 Å². The number of benzene rings is 2. The summed E-state index contributed by atoms with van der Waals surface area (Å²) in [5.74, 6) is 0.118. The van der Waals surface area contributed by atoms with Crippen LogP contribution in [0.3, 0.4) is 0 Å². The van der Waals surface area contributed by atoms with Crippen molar-refractivity contribution in [3.05, 3.63) is 59.7 Å². The number of aromatic hydroxyl groups is 2. The number of ether oxygens (including phenoxy) is 2. The molecule has 2 N–H and O–H groups in total. The standard InChI is InChI=1S/C21H23NO5/c23-17-4-7-19(21(25)15-17)20(24)8-3-16-1-5-18(6-2-16)27-14-11-22-9-12-26-13-10-22/h1-8,15,23,25H,9-14H2/b8-3+. The molecule has 6 nitrogen and oxygen atoms in total. The lowest BCUT2D eigenvalue weighted by atomic mass is 10.1. The van der Waals surface area contributed by atoms with Crippen LogP contribution in [0.4, 0.5) is 0 Å². The molecule has 1 aliphatic heterocycles. The van der Waals surface area contributed by atoms with Crippen LogP contribution >= 0.6 is 0 Å². The van der Waals surface area contributed by atoms with Crippen LogP contribution in [0.5, 0.6) is 17.2 Å². The predicted molar refractivity (Wildman–Crippen MR) is 102 cm³/mol. The van der Waals surface area contributed by atoms with Gasteiger partial charge in [-0.25, -0.2) is 0 Å². The Morgan fingerprint density at radius 1 is 1.11 bits per heavy atom. The number of ketones is 1. The van der Waals surface area contributed by atoms with Gasteiger partial charge in [-0.15, -0.1) is 0 Å². The fraction of sp³-hybridized carbons (Fsp3) is 0.286. The molecule has 27 heavy (non-hydrogen) atoms. The Kier molecular flexibility index (Phi) is 6.46. The number of allylic oxidation sites excluding steroid dienone is 1. The van der Waals surface area contributed by atoms with Gasteiger partial charge in [-0.1, -0.05) is 18.2 Å². The number of rotatable bonds is 7. The van der Waals surface area contributed by atoms with E-state index in [4.69, 9.17) is 9.47 Å². The summed E-state index contributed by atoms with van der Waals surface area (Å²) in [6.45, 7) is 4.93. The second kappa shape index (κ2) is 9.21. The maximum absolute atomic E-state index is 12.1. The summed E-state index contributed by atoms with van der Waals surface area (Å²) in [6, 6.07) is 11.4. The van der Waals surface area contributed by atoms with E-state index in [-0.39, 0.29) is 22.8 Å². The number of carbonyl (C=O) groups excluding carboxylic acids is 1. The lowest BCUT2D eigenvalue weighted by molar-refractivity contribution is 0.0322. The van der Waals surface area contributed by atoms with Gasteiger partial charge in [0.1, 0.15) is 23.9 Å². The molecule has 0 atom stereocenters. The quantitative estimate of drug-likeness (QED) is 0.577. The summed E-state index contributed by atoms with van der Waals surface area (Å²) in [7, 11) is 0. The van der Waals surface area contributed by atoms with Crippen LogP contribution in [0.1, 0.15) is 15.9 Å². The van der Waals surface area contributed by atoms with E-state index >= 15 is 0 Å². The molecule has 0 unspecified atom stereocenters. The van der Waals surface area contributed by atoms with Crippen molar-refractivity contribution in [2.24, 2.45) is 0 Å². The van der Waals surface area contributed by atoms with Gasteiger partial charge in [-0.05, 0) is 35.9 Å². The van der Waals surface area contributed by atoms with E-state index in [2.05, 4.69) is 4.90 Å².